The van der Waals surface area contributed by atoms with Crippen LogP contribution in [0.5, 0.6) is 0 Å². The fourth-order valence-electron chi connectivity index (χ4n) is 3.38. The predicted octanol–water partition coefficient (Wildman–Crippen LogP) is 6.46. The van der Waals surface area contributed by atoms with Crippen molar-refractivity contribution in [3.63, 3.8) is 0 Å². The molecule has 0 spiro atoms. The van der Waals surface area contributed by atoms with Crippen molar-refractivity contribution in [3.05, 3.63) is 70.8 Å². The first-order valence-corrected chi connectivity index (χ1v) is 8.86. The van der Waals surface area contributed by atoms with Gasteiger partial charge in [-0.1, -0.05) is 90.1 Å². The van der Waals surface area contributed by atoms with Crippen LogP contribution in [0.25, 0.3) is 0 Å². The highest BCUT2D eigenvalue weighted by atomic mass is 14.3. The Labute approximate surface area is 143 Å². The van der Waals surface area contributed by atoms with Crippen LogP contribution in [0.2, 0.25) is 0 Å². The Bertz CT molecular complexity index is 589. The van der Waals surface area contributed by atoms with Gasteiger partial charge in [0, 0.05) is 0 Å². The molecular formula is C23H32. The lowest BCUT2D eigenvalue weighted by atomic mass is 9.75. The molecule has 0 fully saturated rings. The van der Waals surface area contributed by atoms with Crippen LogP contribution in [0.4, 0.5) is 0 Å². The molecule has 0 heterocycles. The lowest BCUT2D eigenvalue weighted by molar-refractivity contribution is 0.551. The summed E-state index contributed by atoms with van der Waals surface area (Å²) in [6, 6.07) is 17.7. The van der Waals surface area contributed by atoms with Gasteiger partial charge in [0.1, 0.15) is 0 Å². The van der Waals surface area contributed by atoms with E-state index >= 15 is 0 Å². The Morgan fingerprint density at radius 2 is 1.13 bits per heavy atom. The molecule has 0 nitrogen and oxygen atoms in total. The Hall–Kier alpha value is -1.56. The number of benzene rings is 2. The van der Waals surface area contributed by atoms with Crippen molar-refractivity contribution in [2.24, 2.45) is 0 Å². The van der Waals surface area contributed by atoms with E-state index in [-0.39, 0.29) is 10.8 Å². The Morgan fingerprint density at radius 1 is 0.609 bits per heavy atom. The topological polar surface area (TPSA) is 0 Å². The van der Waals surface area contributed by atoms with Crippen molar-refractivity contribution in [1.82, 2.24) is 0 Å². The fraction of sp³-hybridized carbons (Fsp3) is 0.478. The highest BCUT2D eigenvalue weighted by molar-refractivity contribution is 5.42. The summed E-state index contributed by atoms with van der Waals surface area (Å²) in [4.78, 5) is 0. The van der Waals surface area contributed by atoms with E-state index in [9.17, 15) is 0 Å². The molecule has 0 aliphatic rings. The molecule has 0 radical (unpaired) electrons. The standard InChI is InChI=1S/C23H32/c1-22(2,3)20-16-11-17-21(23(4,5)6)19(20)15-10-14-18-12-8-7-9-13-18/h7-9,11-13,16-17H,10,14-15H2,1-6H3. The third kappa shape index (κ3) is 4.70. The zero-order chi connectivity index (χ0) is 17.1. The summed E-state index contributed by atoms with van der Waals surface area (Å²) in [5.41, 5.74) is 6.43. The minimum atomic E-state index is 0.198. The SMILES string of the molecule is CC(C)(C)c1cccc(C(C)(C)C)c1CCCc1ccccc1. The maximum atomic E-state index is 2.33. The first-order valence-electron chi connectivity index (χ1n) is 8.86. The van der Waals surface area contributed by atoms with Crippen molar-refractivity contribution in [1.29, 1.82) is 0 Å². The molecule has 0 bridgehead atoms. The van der Waals surface area contributed by atoms with Crippen LogP contribution in [-0.2, 0) is 23.7 Å². The van der Waals surface area contributed by atoms with E-state index in [1.165, 1.54) is 23.1 Å². The first kappa shape index (κ1) is 17.8. The first-order chi connectivity index (χ1) is 10.7. The predicted molar refractivity (Wildman–Crippen MR) is 102 cm³/mol. The molecule has 0 aliphatic heterocycles. The Morgan fingerprint density at radius 3 is 1.61 bits per heavy atom. The third-order valence-electron chi connectivity index (χ3n) is 4.53. The van der Waals surface area contributed by atoms with Gasteiger partial charge in [-0.15, -0.1) is 0 Å². The fourth-order valence-corrected chi connectivity index (χ4v) is 3.38. The van der Waals surface area contributed by atoms with Gasteiger partial charge in [0.25, 0.3) is 0 Å². The highest BCUT2D eigenvalue weighted by Gasteiger charge is 2.24. The monoisotopic (exact) mass is 308 g/mol. The molecule has 2 rings (SSSR count). The van der Waals surface area contributed by atoms with Gasteiger partial charge in [-0.3, -0.25) is 0 Å². The van der Waals surface area contributed by atoms with Crippen molar-refractivity contribution in [2.75, 3.05) is 0 Å². The van der Waals surface area contributed by atoms with Crippen LogP contribution >= 0.6 is 0 Å². The van der Waals surface area contributed by atoms with E-state index in [1.54, 1.807) is 5.56 Å². The maximum absolute atomic E-state index is 2.33. The molecule has 124 valence electrons. The van der Waals surface area contributed by atoms with Crippen molar-refractivity contribution in [3.8, 4) is 0 Å². The largest absolute Gasteiger partial charge is 0.0622 e. The zero-order valence-corrected chi connectivity index (χ0v) is 15.7. The molecular weight excluding hydrogens is 276 g/mol. The van der Waals surface area contributed by atoms with Crippen molar-refractivity contribution in [2.45, 2.75) is 71.6 Å². The Kier molecular flexibility index (Phi) is 5.34. The molecule has 23 heavy (non-hydrogen) atoms. The smallest absolute Gasteiger partial charge is 0.0129 e. The number of aryl methyl sites for hydroxylation is 1. The van der Waals surface area contributed by atoms with Gasteiger partial charge >= 0.3 is 0 Å². The van der Waals surface area contributed by atoms with Crippen LogP contribution in [0, 0.1) is 0 Å². The van der Waals surface area contributed by atoms with Gasteiger partial charge in [-0.05, 0) is 52.3 Å². The average Bonchev–Trinajstić information content (AvgIpc) is 2.46. The molecule has 0 saturated heterocycles. The molecule has 2 aromatic rings. The molecule has 2 aromatic carbocycles. The molecule has 0 unspecified atom stereocenters. The van der Waals surface area contributed by atoms with Crippen LogP contribution in [0.3, 0.4) is 0 Å². The third-order valence-corrected chi connectivity index (χ3v) is 4.53. The molecule has 0 heteroatoms. The second-order valence-electron chi connectivity index (χ2n) is 8.67. The van der Waals surface area contributed by atoms with Gasteiger partial charge in [-0.25, -0.2) is 0 Å². The van der Waals surface area contributed by atoms with E-state index < -0.39 is 0 Å². The van der Waals surface area contributed by atoms with E-state index in [0.29, 0.717) is 0 Å². The molecule has 0 aliphatic carbocycles. The van der Waals surface area contributed by atoms with Crippen LogP contribution in [-0.4, -0.2) is 0 Å². The van der Waals surface area contributed by atoms with Gasteiger partial charge < -0.3 is 0 Å². The van der Waals surface area contributed by atoms with Crippen molar-refractivity contribution < 1.29 is 0 Å². The van der Waals surface area contributed by atoms with Gasteiger partial charge in [0.2, 0.25) is 0 Å². The quantitative estimate of drug-likeness (QED) is 0.608. The summed E-state index contributed by atoms with van der Waals surface area (Å²) >= 11 is 0. The second-order valence-corrected chi connectivity index (χ2v) is 8.67. The summed E-state index contributed by atoms with van der Waals surface area (Å²) in [5, 5.41) is 0. The van der Waals surface area contributed by atoms with E-state index in [4.69, 9.17) is 0 Å². The van der Waals surface area contributed by atoms with Crippen LogP contribution in [0.15, 0.2) is 48.5 Å². The maximum Gasteiger partial charge on any atom is -0.0129 e. The van der Waals surface area contributed by atoms with E-state index in [1.807, 2.05) is 0 Å². The van der Waals surface area contributed by atoms with E-state index in [0.717, 1.165) is 12.8 Å². The van der Waals surface area contributed by atoms with Crippen LogP contribution in [0.1, 0.15) is 70.2 Å². The Balaban J connectivity index is 2.27. The zero-order valence-electron chi connectivity index (χ0n) is 15.7. The average molecular weight is 309 g/mol. The lowest BCUT2D eigenvalue weighted by Gasteiger charge is -2.30. The lowest BCUT2D eigenvalue weighted by Crippen LogP contribution is -2.21. The molecule has 0 saturated carbocycles. The highest BCUT2D eigenvalue weighted by Crippen LogP contribution is 2.34. The summed E-state index contributed by atoms with van der Waals surface area (Å²) < 4.78 is 0. The normalized spacial score (nSPS) is 12.4. The summed E-state index contributed by atoms with van der Waals surface area (Å²) in [6.45, 7) is 14.0. The molecule has 0 amide bonds. The van der Waals surface area contributed by atoms with Gasteiger partial charge in [0.05, 0.1) is 0 Å². The summed E-state index contributed by atoms with van der Waals surface area (Å²) in [6.07, 6.45) is 3.53. The number of rotatable bonds is 4. The van der Waals surface area contributed by atoms with Gasteiger partial charge in [-0.2, -0.15) is 0 Å². The van der Waals surface area contributed by atoms with Gasteiger partial charge in [0.15, 0.2) is 0 Å². The minimum absolute atomic E-state index is 0.198. The summed E-state index contributed by atoms with van der Waals surface area (Å²) in [5.74, 6) is 0. The molecule has 0 N–H and O–H groups in total. The minimum Gasteiger partial charge on any atom is -0.0622 e. The summed E-state index contributed by atoms with van der Waals surface area (Å²) in [7, 11) is 0. The number of hydrogen-bond donors (Lipinski definition) is 0. The molecule has 0 atom stereocenters. The van der Waals surface area contributed by atoms with Crippen LogP contribution < -0.4 is 0 Å². The number of hydrogen-bond acceptors (Lipinski definition) is 0. The van der Waals surface area contributed by atoms with Crippen molar-refractivity contribution >= 4 is 0 Å². The van der Waals surface area contributed by atoms with E-state index in [2.05, 4.69) is 90.1 Å². The molecule has 0 aromatic heterocycles. The second kappa shape index (κ2) is 6.91.